The van der Waals surface area contributed by atoms with Crippen molar-refractivity contribution in [3.05, 3.63) is 63.7 Å². The molecular formula is C14H14N2O3. The van der Waals surface area contributed by atoms with Crippen LogP contribution in [0.15, 0.2) is 42.5 Å². The number of nitrogens with zero attached hydrogens (tertiary/aromatic N) is 1. The van der Waals surface area contributed by atoms with Crippen LogP contribution in [-0.2, 0) is 6.54 Å². The van der Waals surface area contributed by atoms with Crippen LogP contribution in [0.4, 0.5) is 5.69 Å². The van der Waals surface area contributed by atoms with E-state index in [1.165, 1.54) is 6.07 Å². The minimum Gasteiger partial charge on any atom is -0.450 e. The average molecular weight is 258 g/mol. The van der Waals surface area contributed by atoms with Gasteiger partial charge in [0.2, 0.25) is 5.75 Å². The van der Waals surface area contributed by atoms with Crippen molar-refractivity contribution < 1.29 is 9.66 Å². The number of nitro groups is 1. The number of hydrogen-bond acceptors (Lipinski definition) is 4. The first-order valence-corrected chi connectivity index (χ1v) is 5.82. The molecule has 0 aliphatic carbocycles. The highest BCUT2D eigenvalue weighted by molar-refractivity contribution is 5.50. The highest BCUT2D eigenvalue weighted by atomic mass is 16.6. The van der Waals surface area contributed by atoms with Crippen LogP contribution in [0.5, 0.6) is 11.5 Å². The van der Waals surface area contributed by atoms with Gasteiger partial charge in [0.15, 0.2) is 0 Å². The zero-order chi connectivity index (χ0) is 13.8. The SMILES string of the molecule is Cc1ccc(Oc2ccc(CN)cc2)c([N+](=O)[O-])c1. The number of nitro benzene ring substituents is 1. The highest BCUT2D eigenvalue weighted by Crippen LogP contribution is 2.32. The third-order valence-electron chi connectivity index (χ3n) is 2.70. The van der Waals surface area contributed by atoms with Crippen LogP contribution in [0.2, 0.25) is 0 Å². The van der Waals surface area contributed by atoms with Gasteiger partial charge in [-0.25, -0.2) is 0 Å². The monoisotopic (exact) mass is 258 g/mol. The van der Waals surface area contributed by atoms with E-state index in [-0.39, 0.29) is 11.4 Å². The molecular weight excluding hydrogens is 244 g/mol. The molecule has 2 N–H and O–H groups in total. The minimum absolute atomic E-state index is 0.0390. The third kappa shape index (κ3) is 3.08. The van der Waals surface area contributed by atoms with E-state index in [0.29, 0.717) is 12.3 Å². The van der Waals surface area contributed by atoms with Crippen molar-refractivity contribution in [3.8, 4) is 11.5 Å². The lowest BCUT2D eigenvalue weighted by atomic mass is 10.2. The maximum Gasteiger partial charge on any atom is 0.311 e. The largest absolute Gasteiger partial charge is 0.450 e. The molecule has 0 unspecified atom stereocenters. The molecule has 0 aliphatic heterocycles. The zero-order valence-electron chi connectivity index (χ0n) is 10.5. The Bertz CT molecular complexity index is 594. The Morgan fingerprint density at radius 1 is 1.21 bits per heavy atom. The molecule has 0 atom stereocenters. The van der Waals surface area contributed by atoms with Crippen molar-refractivity contribution in [2.75, 3.05) is 0 Å². The number of ether oxygens (including phenoxy) is 1. The lowest BCUT2D eigenvalue weighted by Crippen LogP contribution is -1.96. The molecule has 0 saturated heterocycles. The Hall–Kier alpha value is -2.40. The van der Waals surface area contributed by atoms with Crippen molar-refractivity contribution in [2.24, 2.45) is 5.73 Å². The van der Waals surface area contributed by atoms with Gasteiger partial charge >= 0.3 is 5.69 Å². The van der Waals surface area contributed by atoms with Gasteiger partial charge in [-0.3, -0.25) is 10.1 Å². The maximum absolute atomic E-state index is 11.0. The topological polar surface area (TPSA) is 78.4 Å². The van der Waals surface area contributed by atoms with Crippen molar-refractivity contribution >= 4 is 5.69 Å². The van der Waals surface area contributed by atoms with Crippen LogP contribution in [-0.4, -0.2) is 4.92 Å². The van der Waals surface area contributed by atoms with E-state index in [1.54, 1.807) is 31.2 Å². The van der Waals surface area contributed by atoms with Crippen LogP contribution in [0.1, 0.15) is 11.1 Å². The summed E-state index contributed by atoms with van der Waals surface area (Å²) in [5, 5.41) is 11.0. The second kappa shape index (κ2) is 5.49. The second-order valence-electron chi connectivity index (χ2n) is 4.18. The van der Waals surface area contributed by atoms with E-state index in [0.717, 1.165) is 11.1 Å². The standard InChI is InChI=1S/C14H14N2O3/c1-10-2-7-14(13(8-10)16(17)18)19-12-5-3-11(9-15)4-6-12/h2-8H,9,15H2,1H3. The molecule has 0 aliphatic rings. The molecule has 0 aromatic heterocycles. The number of benzene rings is 2. The van der Waals surface area contributed by atoms with Crippen molar-refractivity contribution in [1.82, 2.24) is 0 Å². The molecule has 0 heterocycles. The summed E-state index contributed by atoms with van der Waals surface area (Å²) in [6, 6.07) is 12.0. The molecule has 0 fully saturated rings. The van der Waals surface area contributed by atoms with Gasteiger partial charge < -0.3 is 10.5 Å². The van der Waals surface area contributed by atoms with Gasteiger partial charge in [0, 0.05) is 12.6 Å². The van der Waals surface area contributed by atoms with Crippen LogP contribution >= 0.6 is 0 Å². The quantitative estimate of drug-likeness (QED) is 0.675. The number of aryl methyl sites for hydroxylation is 1. The molecule has 5 heteroatoms. The Kier molecular flexibility index (Phi) is 3.77. The molecule has 2 aromatic carbocycles. The second-order valence-corrected chi connectivity index (χ2v) is 4.18. The highest BCUT2D eigenvalue weighted by Gasteiger charge is 2.15. The summed E-state index contributed by atoms with van der Waals surface area (Å²) in [5.41, 5.74) is 7.26. The molecule has 0 radical (unpaired) electrons. The summed E-state index contributed by atoms with van der Waals surface area (Å²) in [5.74, 6) is 0.778. The van der Waals surface area contributed by atoms with Gasteiger partial charge in [0.25, 0.3) is 0 Å². The smallest absolute Gasteiger partial charge is 0.311 e. The molecule has 2 rings (SSSR count). The van der Waals surface area contributed by atoms with Crippen molar-refractivity contribution in [3.63, 3.8) is 0 Å². The Morgan fingerprint density at radius 2 is 1.89 bits per heavy atom. The molecule has 0 amide bonds. The van der Waals surface area contributed by atoms with Crippen LogP contribution in [0.3, 0.4) is 0 Å². The van der Waals surface area contributed by atoms with Gasteiger partial charge in [0.05, 0.1) is 4.92 Å². The predicted molar refractivity (Wildman–Crippen MR) is 72.2 cm³/mol. The van der Waals surface area contributed by atoms with Gasteiger partial charge in [-0.2, -0.15) is 0 Å². The van der Waals surface area contributed by atoms with E-state index in [9.17, 15) is 10.1 Å². The summed E-state index contributed by atoms with van der Waals surface area (Å²) in [6.45, 7) is 2.25. The van der Waals surface area contributed by atoms with Crippen molar-refractivity contribution in [1.29, 1.82) is 0 Å². The number of hydrogen-bond donors (Lipinski definition) is 1. The number of nitrogens with two attached hydrogens (primary N) is 1. The first-order valence-electron chi connectivity index (χ1n) is 5.82. The lowest BCUT2D eigenvalue weighted by Gasteiger charge is -2.07. The normalized spacial score (nSPS) is 10.2. The minimum atomic E-state index is -0.448. The predicted octanol–water partition coefficient (Wildman–Crippen LogP) is 3.15. The molecule has 0 spiro atoms. The fourth-order valence-corrected chi connectivity index (χ4v) is 1.68. The van der Waals surface area contributed by atoms with E-state index < -0.39 is 4.92 Å². The number of rotatable bonds is 4. The van der Waals surface area contributed by atoms with Crippen LogP contribution in [0.25, 0.3) is 0 Å². The van der Waals surface area contributed by atoms with E-state index in [1.807, 2.05) is 12.1 Å². The van der Waals surface area contributed by atoms with Gasteiger partial charge in [-0.1, -0.05) is 18.2 Å². The third-order valence-corrected chi connectivity index (χ3v) is 2.70. The average Bonchev–Trinajstić information content (AvgIpc) is 2.41. The molecule has 0 bridgehead atoms. The summed E-state index contributed by atoms with van der Waals surface area (Å²) >= 11 is 0. The Balaban J connectivity index is 2.29. The molecule has 19 heavy (non-hydrogen) atoms. The fraction of sp³-hybridized carbons (Fsp3) is 0.143. The molecule has 2 aromatic rings. The Morgan fingerprint density at radius 3 is 2.47 bits per heavy atom. The van der Waals surface area contributed by atoms with Gasteiger partial charge in [-0.05, 0) is 36.2 Å². The zero-order valence-corrected chi connectivity index (χ0v) is 10.5. The Labute approximate surface area is 110 Å². The first kappa shape index (κ1) is 13.0. The summed E-state index contributed by atoms with van der Waals surface area (Å²) in [7, 11) is 0. The van der Waals surface area contributed by atoms with Crippen molar-refractivity contribution in [2.45, 2.75) is 13.5 Å². The lowest BCUT2D eigenvalue weighted by molar-refractivity contribution is -0.385. The summed E-state index contributed by atoms with van der Waals surface area (Å²) in [6.07, 6.45) is 0. The van der Waals surface area contributed by atoms with E-state index in [2.05, 4.69) is 0 Å². The van der Waals surface area contributed by atoms with E-state index >= 15 is 0 Å². The molecule has 5 nitrogen and oxygen atoms in total. The maximum atomic E-state index is 11.0. The van der Waals surface area contributed by atoms with Crippen LogP contribution < -0.4 is 10.5 Å². The fourth-order valence-electron chi connectivity index (χ4n) is 1.68. The van der Waals surface area contributed by atoms with Gasteiger partial charge in [0.1, 0.15) is 5.75 Å². The van der Waals surface area contributed by atoms with E-state index in [4.69, 9.17) is 10.5 Å². The molecule has 0 saturated carbocycles. The van der Waals surface area contributed by atoms with Gasteiger partial charge in [-0.15, -0.1) is 0 Å². The summed E-state index contributed by atoms with van der Waals surface area (Å²) in [4.78, 5) is 10.5. The molecule has 98 valence electrons. The first-order chi connectivity index (χ1) is 9.10. The summed E-state index contributed by atoms with van der Waals surface area (Å²) < 4.78 is 5.54. The van der Waals surface area contributed by atoms with Crippen LogP contribution in [0, 0.1) is 17.0 Å².